The molecule has 0 saturated carbocycles. The van der Waals surface area contributed by atoms with E-state index < -0.39 is 0 Å². The maximum Gasteiger partial charge on any atom is 0.172 e. The van der Waals surface area contributed by atoms with Crippen LogP contribution in [0.5, 0.6) is 0 Å². The Kier molecular flexibility index (Phi) is 5.73. The fourth-order valence-corrected chi connectivity index (χ4v) is 2.56. The van der Waals surface area contributed by atoms with Crippen LogP contribution in [0.1, 0.15) is 26.6 Å². The maximum atomic E-state index is 6.26. The third kappa shape index (κ3) is 3.61. The van der Waals surface area contributed by atoms with Gasteiger partial charge in [0, 0.05) is 26.2 Å². The van der Waals surface area contributed by atoms with Gasteiger partial charge in [-0.25, -0.2) is 4.98 Å². The molecule has 0 bridgehead atoms. The van der Waals surface area contributed by atoms with Crippen molar-refractivity contribution in [2.45, 2.75) is 46.1 Å². The summed E-state index contributed by atoms with van der Waals surface area (Å²) in [5, 5.41) is 0. The third-order valence-corrected chi connectivity index (χ3v) is 3.48. The normalized spacial score (nSPS) is 13.2. The van der Waals surface area contributed by atoms with E-state index in [2.05, 4.69) is 17.6 Å². The number of fused-ring (bicyclic) bond motifs is 1. The molecule has 0 fully saturated rings. The van der Waals surface area contributed by atoms with E-state index in [4.69, 9.17) is 20.2 Å². The Bertz CT molecular complexity index is 562. The molecular formula is C16H25N3O2. The number of para-hydroxylation sites is 2. The minimum Gasteiger partial charge on any atom is -0.351 e. The molecule has 2 rings (SSSR count). The van der Waals surface area contributed by atoms with Crippen LogP contribution in [-0.2, 0) is 22.4 Å². The first-order valence-electron chi connectivity index (χ1n) is 7.64. The summed E-state index contributed by atoms with van der Waals surface area (Å²) in [6, 6.07) is 7.92. The van der Waals surface area contributed by atoms with Gasteiger partial charge in [-0.05, 0) is 32.9 Å². The maximum absolute atomic E-state index is 6.26. The number of ether oxygens (including phenoxy) is 2. The van der Waals surface area contributed by atoms with Gasteiger partial charge in [-0.15, -0.1) is 0 Å². The van der Waals surface area contributed by atoms with E-state index in [0.717, 1.165) is 23.4 Å². The molecule has 21 heavy (non-hydrogen) atoms. The number of nitrogens with zero attached hydrogens (tertiary/aromatic N) is 2. The molecule has 1 unspecified atom stereocenters. The SMILES string of the molecule is CCOC(OCC)C(N)Cc1nc2ccccc2n1CC. The largest absolute Gasteiger partial charge is 0.351 e. The average molecular weight is 291 g/mol. The number of nitrogens with two attached hydrogens (primary N) is 1. The quantitative estimate of drug-likeness (QED) is 0.758. The van der Waals surface area contributed by atoms with Crippen LogP contribution in [0.25, 0.3) is 11.0 Å². The predicted octanol–water partition coefficient (Wildman–Crippen LogP) is 2.33. The number of hydrogen-bond donors (Lipinski definition) is 1. The number of benzene rings is 1. The van der Waals surface area contributed by atoms with Crippen LogP contribution in [0, 0.1) is 0 Å². The van der Waals surface area contributed by atoms with Crippen molar-refractivity contribution in [3.63, 3.8) is 0 Å². The van der Waals surface area contributed by atoms with Crippen LogP contribution in [0.2, 0.25) is 0 Å². The Labute approximate surface area is 126 Å². The van der Waals surface area contributed by atoms with Gasteiger partial charge in [0.25, 0.3) is 0 Å². The van der Waals surface area contributed by atoms with Gasteiger partial charge >= 0.3 is 0 Å². The van der Waals surface area contributed by atoms with Crippen LogP contribution in [0.15, 0.2) is 24.3 Å². The van der Waals surface area contributed by atoms with Crippen molar-refractivity contribution in [1.82, 2.24) is 9.55 Å². The van der Waals surface area contributed by atoms with Gasteiger partial charge in [0.05, 0.1) is 17.1 Å². The van der Waals surface area contributed by atoms with Gasteiger partial charge in [-0.2, -0.15) is 0 Å². The molecule has 0 aliphatic rings. The van der Waals surface area contributed by atoms with Crippen molar-refractivity contribution in [2.24, 2.45) is 5.73 Å². The Hall–Kier alpha value is -1.43. The minimum absolute atomic E-state index is 0.230. The van der Waals surface area contributed by atoms with Gasteiger partial charge in [-0.3, -0.25) is 0 Å². The van der Waals surface area contributed by atoms with Gasteiger partial charge in [0.1, 0.15) is 5.82 Å². The molecule has 116 valence electrons. The van der Waals surface area contributed by atoms with Gasteiger partial charge in [0.2, 0.25) is 0 Å². The predicted molar refractivity (Wildman–Crippen MR) is 84.1 cm³/mol. The monoisotopic (exact) mass is 291 g/mol. The van der Waals surface area contributed by atoms with Gasteiger partial charge in [-0.1, -0.05) is 12.1 Å². The molecule has 2 aromatic rings. The van der Waals surface area contributed by atoms with Crippen molar-refractivity contribution in [3.05, 3.63) is 30.1 Å². The lowest BCUT2D eigenvalue weighted by atomic mass is 10.2. The first kappa shape index (κ1) is 15.9. The lowest BCUT2D eigenvalue weighted by Crippen LogP contribution is -2.41. The van der Waals surface area contributed by atoms with E-state index in [1.165, 1.54) is 0 Å². The molecular weight excluding hydrogens is 266 g/mol. The summed E-state index contributed by atoms with van der Waals surface area (Å²) in [6.45, 7) is 8.05. The number of aromatic nitrogens is 2. The molecule has 2 N–H and O–H groups in total. The highest BCUT2D eigenvalue weighted by molar-refractivity contribution is 5.75. The first-order chi connectivity index (χ1) is 10.2. The summed E-state index contributed by atoms with van der Waals surface area (Å²) in [5.74, 6) is 0.982. The molecule has 0 aliphatic heterocycles. The highest BCUT2D eigenvalue weighted by Crippen LogP contribution is 2.17. The number of hydrogen-bond acceptors (Lipinski definition) is 4. The van der Waals surface area contributed by atoms with E-state index in [9.17, 15) is 0 Å². The van der Waals surface area contributed by atoms with Crippen LogP contribution in [-0.4, -0.2) is 35.1 Å². The zero-order valence-electron chi connectivity index (χ0n) is 13.1. The topological polar surface area (TPSA) is 62.3 Å². The number of rotatable bonds is 8. The molecule has 0 aliphatic carbocycles. The molecule has 0 amide bonds. The fourth-order valence-electron chi connectivity index (χ4n) is 2.56. The summed E-state index contributed by atoms with van der Waals surface area (Å²) < 4.78 is 13.4. The number of imidazole rings is 1. The molecule has 0 saturated heterocycles. The summed E-state index contributed by atoms with van der Waals surface area (Å²) >= 11 is 0. The van der Waals surface area contributed by atoms with Crippen molar-refractivity contribution in [1.29, 1.82) is 0 Å². The summed E-state index contributed by atoms with van der Waals surface area (Å²) in [4.78, 5) is 4.70. The molecule has 5 heteroatoms. The smallest absolute Gasteiger partial charge is 0.172 e. The van der Waals surface area contributed by atoms with Gasteiger partial charge in [0.15, 0.2) is 6.29 Å². The van der Waals surface area contributed by atoms with Crippen molar-refractivity contribution < 1.29 is 9.47 Å². The van der Waals surface area contributed by atoms with Crippen molar-refractivity contribution >= 4 is 11.0 Å². The molecule has 1 aromatic heterocycles. The Morgan fingerprint density at radius 2 is 1.81 bits per heavy atom. The van der Waals surface area contributed by atoms with E-state index in [1.807, 2.05) is 32.0 Å². The van der Waals surface area contributed by atoms with E-state index in [1.54, 1.807) is 0 Å². The lowest BCUT2D eigenvalue weighted by Gasteiger charge is -2.23. The van der Waals surface area contributed by atoms with Crippen molar-refractivity contribution in [2.75, 3.05) is 13.2 Å². The zero-order chi connectivity index (χ0) is 15.2. The lowest BCUT2D eigenvalue weighted by molar-refractivity contribution is -0.148. The van der Waals surface area contributed by atoms with Gasteiger partial charge < -0.3 is 19.8 Å². The van der Waals surface area contributed by atoms with E-state index in [-0.39, 0.29) is 12.3 Å². The molecule has 5 nitrogen and oxygen atoms in total. The molecule has 0 spiro atoms. The Balaban J connectivity index is 2.21. The van der Waals surface area contributed by atoms with E-state index in [0.29, 0.717) is 19.6 Å². The van der Waals surface area contributed by atoms with Crippen molar-refractivity contribution in [3.8, 4) is 0 Å². The Morgan fingerprint density at radius 3 is 2.43 bits per heavy atom. The first-order valence-corrected chi connectivity index (χ1v) is 7.64. The van der Waals surface area contributed by atoms with Crippen LogP contribution in [0.3, 0.4) is 0 Å². The highest BCUT2D eigenvalue weighted by atomic mass is 16.7. The number of aryl methyl sites for hydroxylation is 1. The average Bonchev–Trinajstić information content (AvgIpc) is 2.83. The molecule has 1 aromatic carbocycles. The second-order valence-electron chi connectivity index (χ2n) is 4.91. The minimum atomic E-state index is -0.384. The molecule has 1 atom stereocenters. The van der Waals surface area contributed by atoms with Crippen LogP contribution in [0.4, 0.5) is 0 Å². The van der Waals surface area contributed by atoms with Crippen LogP contribution < -0.4 is 5.73 Å². The summed E-state index contributed by atoms with van der Waals surface area (Å²) in [5.41, 5.74) is 8.41. The second kappa shape index (κ2) is 7.54. The van der Waals surface area contributed by atoms with E-state index >= 15 is 0 Å². The standard InChI is InChI=1S/C16H25N3O2/c1-4-19-14-10-8-7-9-13(14)18-15(19)11-12(17)16(20-5-2)21-6-3/h7-10,12,16H,4-6,11,17H2,1-3H3. The molecule has 0 radical (unpaired) electrons. The molecule has 1 heterocycles. The summed E-state index contributed by atoms with van der Waals surface area (Å²) in [6.07, 6.45) is 0.248. The fraction of sp³-hybridized carbons (Fsp3) is 0.562. The summed E-state index contributed by atoms with van der Waals surface area (Å²) in [7, 11) is 0. The van der Waals surface area contributed by atoms with Crippen LogP contribution >= 0.6 is 0 Å². The second-order valence-corrected chi connectivity index (χ2v) is 4.91. The third-order valence-electron chi connectivity index (χ3n) is 3.48. The highest BCUT2D eigenvalue weighted by Gasteiger charge is 2.21. The Morgan fingerprint density at radius 1 is 1.14 bits per heavy atom. The zero-order valence-corrected chi connectivity index (χ0v) is 13.1.